The van der Waals surface area contributed by atoms with E-state index in [1.165, 1.54) is 0 Å². The van der Waals surface area contributed by atoms with Crippen LogP contribution in [0.15, 0.2) is 78.6 Å². The molecule has 0 bridgehead atoms. The molecule has 0 radical (unpaired) electrons. The molecule has 0 unspecified atom stereocenters. The molecule has 0 saturated heterocycles. The van der Waals surface area contributed by atoms with Gasteiger partial charge in [-0.25, -0.2) is 0 Å². The first-order valence-corrected chi connectivity index (χ1v) is 7.87. The Labute approximate surface area is 147 Å². The highest BCUT2D eigenvalue weighted by Gasteiger charge is 2.14. The summed E-state index contributed by atoms with van der Waals surface area (Å²) in [6.07, 6.45) is 3.41. The Morgan fingerprint density at radius 3 is 1.36 bits per heavy atom. The Hall–Kier alpha value is -3.20. The van der Waals surface area contributed by atoms with Crippen LogP contribution in [0.4, 0.5) is 0 Å². The number of benzene rings is 2. The molecule has 3 nitrogen and oxygen atoms in total. The summed E-state index contributed by atoms with van der Waals surface area (Å²) in [5, 5.41) is 0. The molecule has 0 amide bonds. The van der Waals surface area contributed by atoms with Crippen LogP contribution in [0.3, 0.4) is 0 Å². The molecule has 3 heteroatoms. The minimum Gasteiger partial charge on any atom is -0.497 e. The first kappa shape index (κ1) is 16.7. The number of hydrogen-bond donors (Lipinski definition) is 0. The summed E-state index contributed by atoms with van der Waals surface area (Å²) >= 11 is 0. The Morgan fingerprint density at radius 2 is 1.04 bits per heavy atom. The van der Waals surface area contributed by atoms with Crippen molar-refractivity contribution in [3.63, 3.8) is 0 Å². The molecule has 25 heavy (non-hydrogen) atoms. The normalized spacial score (nSPS) is 10.3. The fraction of sp³-hybridized carbons (Fsp3) is 0.0909. The third kappa shape index (κ3) is 3.36. The molecule has 2 aromatic carbocycles. The second-order valence-corrected chi connectivity index (χ2v) is 5.61. The lowest BCUT2D eigenvalue weighted by molar-refractivity contribution is 0.414. The van der Waals surface area contributed by atoms with Crippen LogP contribution in [0, 0.1) is 0 Å². The molecule has 0 saturated carbocycles. The maximum Gasteiger partial charge on any atom is 0.118 e. The van der Waals surface area contributed by atoms with E-state index in [1.54, 1.807) is 26.7 Å². The highest BCUT2D eigenvalue weighted by atomic mass is 16.5. The fourth-order valence-corrected chi connectivity index (χ4v) is 2.66. The van der Waals surface area contributed by atoms with Gasteiger partial charge in [0.15, 0.2) is 0 Å². The number of furan rings is 1. The number of ether oxygens (including phenoxy) is 2. The van der Waals surface area contributed by atoms with E-state index in [0.29, 0.717) is 0 Å². The standard InChI is InChI=1S/C22H20O3/c1-15(17-5-9-19(23-3)10-6-17)21-13-25-14-22(21)16(2)18-7-11-20(24-4)12-8-18/h5-14H,1-2H2,3-4H3. The zero-order chi connectivity index (χ0) is 17.8. The molecule has 0 spiro atoms. The Bertz CT molecular complexity index is 810. The second-order valence-electron chi connectivity index (χ2n) is 5.61. The minimum absolute atomic E-state index is 0.812. The van der Waals surface area contributed by atoms with Gasteiger partial charge in [-0.3, -0.25) is 0 Å². The van der Waals surface area contributed by atoms with Crippen LogP contribution in [0.25, 0.3) is 11.1 Å². The van der Waals surface area contributed by atoms with Gasteiger partial charge in [0.2, 0.25) is 0 Å². The van der Waals surface area contributed by atoms with E-state index in [1.807, 2.05) is 48.5 Å². The number of methoxy groups -OCH3 is 2. The van der Waals surface area contributed by atoms with E-state index in [9.17, 15) is 0 Å². The number of hydrogen-bond acceptors (Lipinski definition) is 3. The minimum atomic E-state index is 0.812. The van der Waals surface area contributed by atoms with Gasteiger partial charge in [0.05, 0.1) is 26.7 Å². The van der Waals surface area contributed by atoms with Crippen molar-refractivity contribution in [3.8, 4) is 11.5 Å². The number of rotatable bonds is 6. The topological polar surface area (TPSA) is 31.6 Å². The lowest BCUT2D eigenvalue weighted by atomic mass is 9.93. The molecule has 1 heterocycles. The first-order chi connectivity index (χ1) is 12.1. The van der Waals surface area contributed by atoms with Gasteiger partial charge >= 0.3 is 0 Å². The largest absolute Gasteiger partial charge is 0.497 e. The van der Waals surface area contributed by atoms with Crippen molar-refractivity contribution in [2.24, 2.45) is 0 Å². The zero-order valence-electron chi connectivity index (χ0n) is 14.4. The summed E-state index contributed by atoms with van der Waals surface area (Å²) < 4.78 is 15.9. The summed E-state index contributed by atoms with van der Waals surface area (Å²) in [5.74, 6) is 1.62. The predicted octanol–water partition coefficient (Wildman–Crippen LogP) is 5.42. The Balaban J connectivity index is 1.90. The van der Waals surface area contributed by atoms with E-state index in [-0.39, 0.29) is 0 Å². The molecule has 3 aromatic rings. The van der Waals surface area contributed by atoms with E-state index in [4.69, 9.17) is 13.9 Å². The van der Waals surface area contributed by atoms with Crippen LogP contribution in [0.2, 0.25) is 0 Å². The second kappa shape index (κ2) is 7.14. The molecule has 0 aliphatic carbocycles. The first-order valence-electron chi connectivity index (χ1n) is 7.87. The quantitative estimate of drug-likeness (QED) is 0.604. The third-order valence-electron chi connectivity index (χ3n) is 4.19. The van der Waals surface area contributed by atoms with Crippen LogP contribution in [-0.2, 0) is 0 Å². The van der Waals surface area contributed by atoms with Crippen LogP contribution in [0.5, 0.6) is 11.5 Å². The van der Waals surface area contributed by atoms with Gasteiger partial charge in [0, 0.05) is 11.1 Å². The van der Waals surface area contributed by atoms with Gasteiger partial charge in [-0.05, 0) is 46.5 Å². The molecule has 3 rings (SSSR count). The van der Waals surface area contributed by atoms with Crippen molar-refractivity contribution < 1.29 is 13.9 Å². The summed E-state index contributed by atoms with van der Waals surface area (Å²) in [7, 11) is 3.30. The van der Waals surface area contributed by atoms with Gasteiger partial charge < -0.3 is 13.9 Å². The molecule has 0 fully saturated rings. The third-order valence-corrected chi connectivity index (χ3v) is 4.19. The average Bonchev–Trinajstić information content (AvgIpc) is 3.16. The van der Waals surface area contributed by atoms with Gasteiger partial charge in [0.25, 0.3) is 0 Å². The highest BCUT2D eigenvalue weighted by Crippen LogP contribution is 2.33. The lowest BCUT2D eigenvalue weighted by Gasteiger charge is -2.10. The summed E-state index contributed by atoms with van der Waals surface area (Å²) in [4.78, 5) is 0. The SMILES string of the molecule is C=C(c1ccc(OC)cc1)c1cocc1C(=C)c1ccc(OC)cc1. The van der Waals surface area contributed by atoms with Crippen molar-refractivity contribution >= 4 is 11.1 Å². The fourth-order valence-electron chi connectivity index (χ4n) is 2.66. The maximum absolute atomic E-state index is 5.45. The van der Waals surface area contributed by atoms with E-state index >= 15 is 0 Å². The van der Waals surface area contributed by atoms with E-state index in [2.05, 4.69) is 13.2 Å². The molecule has 0 N–H and O–H groups in total. The molecule has 0 aliphatic heterocycles. The molecular formula is C22H20O3. The van der Waals surface area contributed by atoms with Crippen LogP contribution < -0.4 is 9.47 Å². The average molecular weight is 332 g/mol. The Morgan fingerprint density at radius 1 is 0.680 bits per heavy atom. The van der Waals surface area contributed by atoms with Crippen molar-refractivity contribution in [3.05, 3.63) is 96.5 Å². The van der Waals surface area contributed by atoms with E-state index in [0.717, 1.165) is 44.9 Å². The van der Waals surface area contributed by atoms with Gasteiger partial charge in [0.1, 0.15) is 11.5 Å². The Kier molecular flexibility index (Phi) is 4.75. The predicted molar refractivity (Wildman–Crippen MR) is 101 cm³/mol. The van der Waals surface area contributed by atoms with Crippen molar-refractivity contribution in [2.75, 3.05) is 14.2 Å². The maximum atomic E-state index is 5.45. The molecular weight excluding hydrogens is 312 g/mol. The van der Waals surface area contributed by atoms with Crippen molar-refractivity contribution in [1.82, 2.24) is 0 Å². The van der Waals surface area contributed by atoms with Crippen LogP contribution in [-0.4, -0.2) is 14.2 Å². The van der Waals surface area contributed by atoms with Gasteiger partial charge in [-0.1, -0.05) is 37.4 Å². The van der Waals surface area contributed by atoms with Crippen LogP contribution in [0.1, 0.15) is 22.3 Å². The summed E-state index contributed by atoms with van der Waals surface area (Å²) in [6.45, 7) is 8.45. The highest BCUT2D eigenvalue weighted by molar-refractivity contribution is 5.89. The van der Waals surface area contributed by atoms with Crippen molar-refractivity contribution in [1.29, 1.82) is 0 Å². The summed E-state index contributed by atoms with van der Waals surface area (Å²) in [5.41, 5.74) is 5.61. The molecule has 0 atom stereocenters. The van der Waals surface area contributed by atoms with Gasteiger partial charge in [-0.2, -0.15) is 0 Å². The van der Waals surface area contributed by atoms with Crippen LogP contribution >= 0.6 is 0 Å². The lowest BCUT2D eigenvalue weighted by Crippen LogP contribution is -1.92. The summed E-state index contributed by atoms with van der Waals surface area (Å²) in [6, 6.07) is 15.6. The molecule has 0 aliphatic rings. The van der Waals surface area contributed by atoms with E-state index < -0.39 is 0 Å². The molecule has 126 valence electrons. The van der Waals surface area contributed by atoms with Gasteiger partial charge in [-0.15, -0.1) is 0 Å². The molecule has 1 aromatic heterocycles. The monoisotopic (exact) mass is 332 g/mol. The van der Waals surface area contributed by atoms with Crippen molar-refractivity contribution in [2.45, 2.75) is 0 Å². The zero-order valence-corrected chi connectivity index (χ0v) is 14.4. The smallest absolute Gasteiger partial charge is 0.118 e.